The number of quaternary nitrogens is 1. The van der Waals surface area contributed by atoms with Crippen molar-refractivity contribution in [2.75, 3.05) is 13.2 Å². The molecule has 1 N–H and O–H groups in total. The second-order valence-corrected chi connectivity index (χ2v) is 1.73. The molecule has 1 rings (SSSR count). The van der Waals surface area contributed by atoms with Gasteiger partial charge < -0.3 is 15.0 Å². The maximum atomic E-state index is 10.4. The first-order valence-electron chi connectivity index (χ1n) is 2.45. The zero-order valence-electron chi connectivity index (χ0n) is 4.31. The highest BCUT2D eigenvalue weighted by Crippen LogP contribution is 1.83. The number of hydrogen-bond acceptors (Lipinski definition) is 2. The van der Waals surface area contributed by atoms with Gasteiger partial charge in [-0.05, 0) is 0 Å². The van der Waals surface area contributed by atoms with E-state index in [0.717, 1.165) is 0 Å². The van der Waals surface area contributed by atoms with Crippen molar-refractivity contribution in [3.8, 4) is 0 Å². The molecule has 2 atom stereocenters. The van der Waals surface area contributed by atoms with Gasteiger partial charge in [0.25, 0.3) is 0 Å². The van der Waals surface area contributed by atoms with Gasteiger partial charge in [0.05, 0.1) is 0 Å². The van der Waals surface area contributed by atoms with Gasteiger partial charge >= 0.3 is 0 Å². The predicted octanol–water partition coefficient (Wildman–Crippen LogP) is -1.25. The van der Waals surface area contributed by atoms with Crippen LogP contribution in [-0.2, 0) is 4.74 Å². The summed E-state index contributed by atoms with van der Waals surface area (Å²) >= 11 is 0. The van der Waals surface area contributed by atoms with Gasteiger partial charge in [0, 0.05) is 6.92 Å². The Kier molecular flexibility index (Phi) is 1.27. The minimum atomic E-state index is -0.125. The van der Waals surface area contributed by atoms with Crippen molar-refractivity contribution in [2.45, 2.75) is 13.2 Å². The molecule has 1 saturated heterocycles. The lowest BCUT2D eigenvalue weighted by atomic mass is 10.6. The smallest absolute Gasteiger partial charge is 0.188 e. The van der Waals surface area contributed by atoms with Gasteiger partial charge in [-0.1, -0.05) is 0 Å². The molecular weight excluding hydrogens is 94.0 g/mol. The van der Waals surface area contributed by atoms with E-state index < -0.39 is 0 Å². The molecule has 0 aromatic carbocycles. The highest BCUT2D eigenvalue weighted by atomic mass is 16.6. The van der Waals surface area contributed by atoms with Crippen LogP contribution in [0, 0.1) is 5.21 Å². The summed E-state index contributed by atoms with van der Waals surface area (Å²) in [7, 11) is 0. The third-order valence-corrected chi connectivity index (χ3v) is 1.17. The van der Waals surface area contributed by atoms with E-state index >= 15 is 0 Å². The fraction of sp³-hybridized carbons (Fsp3) is 1.00. The molecule has 7 heavy (non-hydrogen) atoms. The lowest BCUT2D eigenvalue weighted by molar-refractivity contribution is -0.872. The van der Waals surface area contributed by atoms with E-state index in [2.05, 4.69) is 0 Å². The van der Waals surface area contributed by atoms with E-state index in [0.29, 0.717) is 13.2 Å². The molecule has 1 aliphatic heterocycles. The summed E-state index contributed by atoms with van der Waals surface area (Å²) in [5.41, 5.74) is 0. The minimum absolute atomic E-state index is 0.125. The second kappa shape index (κ2) is 1.78. The summed E-state index contributed by atoms with van der Waals surface area (Å²) < 4.78 is 4.92. The van der Waals surface area contributed by atoms with E-state index in [1.54, 1.807) is 6.92 Å². The van der Waals surface area contributed by atoms with Crippen LogP contribution in [0.25, 0.3) is 0 Å². The molecule has 42 valence electrons. The SMILES string of the molecule is CC1OCC[NH+]1[O-]. The Labute approximate surface area is 42.4 Å². The zero-order chi connectivity index (χ0) is 5.28. The number of hydroxylamine groups is 2. The van der Waals surface area contributed by atoms with Gasteiger partial charge in [-0.2, -0.15) is 0 Å². The van der Waals surface area contributed by atoms with Gasteiger partial charge in [0.15, 0.2) is 6.23 Å². The molecular formula is C4H9NO2. The van der Waals surface area contributed by atoms with Gasteiger partial charge in [-0.3, -0.25) is 0 Å². The Morgan fingerprint density at radius 2 is 2.57 bits per heavy atom. The number of nitrogens with one attached hydrogen (secondary N) is 1. The first kappa shape index (κ1) is 5.03. The fourth-order valence-corrected chi connectivity index (χ4v) is 0.633. The van der Waals surface area contributed by atoms with Crippen molar-refractivity contribution in [3.05, 3.63) is 5.21 Å². The quantitative estimate of drug-likeness (QED) is 0.389. The third-order valence-electron chi connectivity index (χ3n) is 1.17. The van der Waals surface area contributed by atoms with Crippen molar-refractivity contribution >= 4 is 0 Å². The van der Waals surface area contributed by atoms with Crippen LogP contribution in [0.5, 0.6) is 0 Å². The Morgan fingerprint density at radius 3 is 2.71 bits per heavy atom. The molecule has 0 aliphatic carbocycles. The van der Waals surface area contributed by atoms with Crippen LogP contribution in [0.15, 0.2) is 0 Å². The Balaban J connectivity index is 2.33. The number of rotatable bonds is 0. The summed E-state index contributed by atoms with van der Waals surface area (Å²) in [5, 5.41) is 10.7. The molecule has 1 aliphatic rings. The lowest BCUT2D eigenvalue weighted by Gasteiger charge is -2.17. The summed E-state index contributed by atoms with van der Waals surface area (Å²) in [6.07, 6.45) is -0.125. The first-order valence-corrected chi connectivity index (χ1v) is 2.45. The highest BCUT2D eigenvalue weighted by Gasteiger charge is 2.15. The Hall–Kier alpha value is -0.120. The summed E-state index contributed by atoms with van der Waals surface area (Å²) in [6, 6.07) is 0. The first-order chi connectivity index (χ1) is 3.30. The summed E-state index contributed by atoms with van der Waals surface area (Å²) in [5.74, 6) is 0. The topological polar surface area (TPSA) is 36.7 Å². The fourth-order valence-electron chi connectivity index (χ4n) is 0.633. The molecule has 0 saturated carbocycles. The van der Waals surface area contributed by atoms with Crippen LogP contribution < -0.4 is 5.06 Å². The Bertz CT molecular complexity index is 58.7. The van der Waals surface area contributed by atoms with Crippen LogP contribution >= 0.6 is 0 Å². The zero-order valence-corrected chi connectivity index (χ0v) is 4.31. The van der Waals surface area contributed by atoms with Crippen LogP contribution in [-0.4, -0.2) is 19.4 Å². The normalized spacial score (nSPS) is 42.0. The number of hydrogen-bond donors (Lipinski definition) is 1. The van der Waals surface area contributed by atoms with E-state index in [1.807, 2.05) is 0 Å². The molecule has 0 radical (unpaired) electrons. The average molecular weight is 103 g/mol. The molecule has 3 heteroatoms. The van der Waals surface area contributed by atoms with E-state index in [-0.39, 0.29) is 11.3 Å². The molecule has 1 heterocycles. The standard InChI is InChI=1S/C4H9NO2/c1-4-5(6)2-3-7-4/h4-5H,2-3H2,1H3. The van der Waals surface area contributed by atoms with E-state index in [9.17, 15) is 5.21 Å². The second-order valence-electron chi connectivity index (χ2n) is 1.73. The molecule has 3 nitrogen and oxygen atoms in total. The van der Waals surface area contributed by atoms with Crippen LogP contribution in [0.1, 0.15) is 6.92 Å². The predicted molar refractivity (Wildman–Crippen MR) is 24.6 cm³/mol. The molecule has 0 aromatic heterocycles. The van der Waals surface area contributed by atoms with Crippen LogP contribution in [0.4, 0.5) is 0 Å². The van der Waals surface area contributed by atoms with Crippen molar-refractivity contribution in [3.63, 3.8) is 0 Å². The summed E-state index contributed by atoms with van der Waals surface area (Å²) in [6.45, 7) is 3.02. The van der Waals surface area contributed by atoms with Crippen molar-refractivity contribution in [1.29, 1.82) is 0 Å². The van der Waals surface area contributed by atoms with Crippen molar-refractivity contribution in [1.82, 2.24) is 0 Å². The monoisotopic (exact) mass is 103 g/mol. The van der Waals surface area contributed by atoms with Gasteiger partial charge in [-0.15, -0.1) is 0 Å². The van der Waals surface area contributed by atoms with E-state index in [4.69, 9.17) is 4.74 Å². The molecule has 0 aromatic rings. The van der Waals surface area contributed by atoms with Crippen LogP contribution in [0.3, 0.4) is 0 Å². The molecule has 2 unspecified atom stereocenters. The molecule has 0 spiro atoms. The third kappa shape index (κ3) is 0.907. The van der Waals surface area contributed by atoms with Gasteiger partial charge in [-0.25, -0.2) is 0 Å². The van der Waals surface area contributed by atoms with Gasteiger partial charge in [0.2, 0.25) is 0 Å². The van der Waals surface area contributed by atoms with Crippen molar-refractivity contribution < 1.29 is 9.80 Å². The van der Waals surface area contributed by atoms with Crippen molar-refractivity contribution in [2.24, 2.45) is 0 Å². The average Bonchev–Trinajstić information content (AvgIpc) is 1.91. The molecule has 0 bridgehead atoms. The Morgan fingerprint density at radius 1 is 1.86 bits per heavy atom. The van der Waals surface area contributed by atoms with Gasteiger partial charge in [0.1, 0.15) is 13.2 Å². The maximum Gasteiger partial charge on any atom is 0.188 e. The minimum Gasteiger partial charge on any atom is -0.632 e. The number of ether oxygens (including phenoxy) is 1. The largest absolute Gasteiger partial charge is 0.632 e. The van der Waals surface area contributed by atoms with E-state index in [1.165, 1.54) is 0 Å². The van der Waals surface area contributed by atoms with Crippen LogP contribution in [0.2, 0.25) is 0 Å². The maximum absolute atomic E-state index is 10.4. The molecule has 0 amide bonds. The molecule has 1 fully saturated rings. The lowest BCUT2D eigenvalue weighted by Crippen LogP contribution is -3.08. The highest BCUT2D eigenvalue weighted by molar-refractivity contribution is 4.39. The summed E-state index contributed by atoms with van der Waals surface area (Å²) in [4.78, 5) is 0.